The molecule has 1 aromatic heterocycles. The summed E-state index contributed by atoms with van der Waals surface area (Å²) >= 11 is 6.12. The molecule has 0 fully saturated rings. The highest BCUT2D eigenvalue weighted by Gasteiger charge is 2.07. The highest BCUT2D eigenvalue weighted by molar-refractivity contribution is 6.32. The van der Waals surface area contributed by atoms with Gasteiger partial charge in [-0.05, 0) is 55.3 Å². The number of anilines is 1. The van der Waals surface area contributed by atoms with Crippen LogP contribution < -0.4 is 10.1 Å². The predicted molar refractivity (Wildman–Crippen MR) is 91.1 cm³/mol. The number of rotatable bonds is 4. The van der Waals surface area contributed by atoms with Gasteiger partial charge in [-0.3, -0.25) is 9.89 Å². The highest BCUT2D eigenvalue weighted by atomic mass is 35.5. The number of carbonyl (C=O) groups is 1. The number of ether oxygens (including phenoxy) is 1. The number of hydrogen-bond donors (Lipinski definition) is 2. The fraction of sp³-hybridized carbons (Fsp3) is 0.176. The Morgan fingerprint density at radius 1 is 1.26 bits per heavy atom. The minimum atomic E-state index is -0.228. The summed E-state index contributed by atoms with van der Waals surface area (Å²) in [7, 11) is 0. The molecule has 0 bridgehead atoms. The summed E-state index contributed by atoms with van der Waals surface area (Å²) in [5.41, 5.74) is 3.41. The second-order valence-corrected chi connectivity index (χ2v) is 5.76. The Labute approximate surface area is 138 Å². The summed E-state index contributed by atoms with van der Waals surface area (Å²) in [6.07, 6.45) is 1.73. The number of benzene rings is 2. The number of fused-ring (bicyclic) bond motifs is 1. The van der Waals surface area contributed by atoms with E-state index in [1.165, 1.54) is 0 Å². The van der Waals surface area contributed by atoms with E-state index in [2.05, 4.69) is 15.5 Å². The summed E-state index contributed by atoms with van der Waals surface area (Å²) in [5.74, 6) is 0.401. The Balaban J connectivity index is 1.63. The molecule has 0 unspecified atom stereocenters. The van der Waals surface area contributed by atoms with Gasteiger partial charge in [0, 0.05) is 16.1 Å². The molecule has 5 nitrogen and oxygen atoms in total. The van der Waals surface area contributed by atoms with E-state index in [0.717, 1.165) is 27.1 Å². The van der Waals surface area contributed by atoms with Crippen LogP contribution in [-0.2, 0) is 4.79 Å². The molecule has 0 aliphatic carbocycles. The van der Waals surface area contributed by atoms with Crippen LogP contribution >= 0.6 is 11.6 Å². The number of aromatic amines is 1. The summed E-state index contributed by atoms with van der Waals surface area (Å²) in [5, 5.41) is 11.3. The Morgan fingerprint density at radius 2 is 2.00 bits per heavy atom. The van der Waals surface area contributed by atoms with Crippen molar-refractivity contribution in [1.29, 1.82) is 0 Å². The molecule has 0 aliphatic heterocycles. The number of hydrogen-bond acceptors (Lipinski definition) is 3. The number of aryl methyl sites for hydroxylation is 2. The van der Waals surface area contributed by atoms with Crippen LogP contribution in [0.4, 0.5) is 5.69 Å². The van der Waals surface area contributed by atoms with Crippen molar-refractivity contribution in [2.24, 2.45) is 0 Å². The van der Waals surface area contributed by atoms with E-state index in [1.807, 2.05) is 44.2 Å². The second-order valence-electron chi connectivity index (χ2n) is 5.38. The van der Waals surface area contributed by atoms with Crippen molar-refractivity contribution in [3.8, 4) is 5.75 Å². The first kappa shape index (κ1) is 15.4. The Hall–Kier alpha value is -2.53. The lowest BCUT2D eigenvalue weighted by Crippen LogP contribution is -2.20. The molecule has 0 atom stereocenters. The van der Waals surface area contributed by atoms with E-state index >= 15 is 0 Å². The van der Waals surface area contributed by atoms with E-state index < -0.39 is 0 Å². The van der Waals surface area contributed by atoms with E-state index in [0.29, 0.717) is 11.4 Å². The maximum atomic E-state index is 12.0. The van der Waals surface area contributed by atoms with Crippen LogP contribution in [0.15, 0.2) is 36.5 Å². The first-order valence-corrected chi connectivity index (χ1v) is 7.53. The number of H-pyrrole nitrogens is 1. The molecular formula is C17H16ClN3O2. The van der Waals surface area contributed by atoms with Crippen LogP contribution in [0.25, 0.3) is 10.9 Å². The molecule has 1 amide bonds. The number of amides is 1. The lowest BCUT2D eigenvalue weighted by atomic mass is 10.1. The van der Waals surface area contributed by atoms with Crippen LogP contribution in [0.1, 0.15) is 11.1 Å². The molecular weight excluding hydrogens is 314 g/mol. The van der Waals surface area contributed by atoms with Crippen molar-refractivity contribution in [3.05, 3.63) is 52.7 Å². The molecule has 0 saturated heterocycles. The number of carbonyl (C=O) groups excluding carboxylic acids is 1. The molecule has 2 N–H and O–H groups in total. The third kappa shape index (κ3) is 3.46. The first-order chi connectivity index (χ1) is 11.0. The topological polar surface area (TPSA) is 67.0 Å². The normalized spacial score (nSPS) is 10.7. The number of nitrogens with one attached hydrogen (secondary N) is 2. The van der Waals surface area contributed by atoms with Crippen LogP contribution in [-0.4, -0.2) is 22.7 Å². The maximum Gasteiger partial charge on any atom is 0.262 e. The van der Waals surface area contributed by atoms with Gasteiger partial charge in [0.05, 0.1) is 11.7 Å². The third-order valence-corrected chi connectivity index (χ3v) is 4.10. The maximum absolute atomic E-state index is 12.0. The van der Waals surface area contributed by atoms with Crippen LogP contribution in [0, 0.1) is 13.8 Å². The summed E-state index contributed by atoms with van der Waals surface area (Å²) in [6, 6.07) is 9.18. The van der Waals surface area contributed by atoms with E-state index in [4.69, 9.17) is 16.3 Å². The second kappa shape index (κ2) is 6.30. The number of aromatic nitrogens is 2. The Bertz CT molecular complexity index is 850. The van der Waals surface area contributed by atoms with Gasteiger partial charge in [0.25, 0.3) is 5.91 Å². The van der Waals surface area contributed by atoms with Gasteiger partial charge in [-0.25, -0.2) is 0 Å². The number of halogens is 1. The van der Waals surface area contributed by atoms with Gasteiger partial charge < -0.3 is 10.1 Å². The van der Waals surface area contributed by atoms with Crippen molar-refractivity contribution in [2.75, 3.05) is 11.9 Å². The summed E-state index contributed by atoms with van der Waals surface area (Å²) in [6.45, 7) is 3.74. The van der Waals surface area contributed by atoms with E-state index in [-0.39, 0.29) is 12.5 Å². The minimum absolute atomic E-state index is 0.0679. The van der Waals surface area contributed by atoms with E-state index in [9.17, 15) is 4.79 Å². The largest absolute Gasteiger partial charge is 0.484 e. The van der Waals surface area contributed by atoms with Gasteiger partial charge in [-0.2, -0.15) is 5.10 Å². The molecule has 0 saturated carbocycles. The Kier molecular flexibility index (Phi) is 4.21. The standard InChI is InChI=1S/C17H16ClN3O2/c1-10-5-14(6-11(2)17(10)18)23-9-16(22)20-13-4-3-12-8-19-21-15(12)7-13/h3-8H,9H2,1-2H3,(H,19,21)(H,20,22). The Morgan fingerprint density at radius 3 is 2.74 bits per heavy atom. The third-order valence-electron chi connectivity index (χ3n) is 3.51. The summed E-state index contributed by atoms with van der Waals surface area (Å²) in [4.78, 5) is 12.0. The average Bonchev–Trinajstić information content (AvgIpc) is 2.98. The van der Waals surface area contributed by atoms with Crippen LogP contribution in [0.3, 0.4) is 0 Å². The molecule has 3 aromatic rings. The minimum Gasteiger partial charge on any atom is -0.484 e. The smallest absolute Gasteiger partial charge is 0.262 e. The molecule has 0 radical (unpaired) electrons. The van der Waals surface area contributed by atoms with Gasteiger partial charge in [0.2, 0.25) is 0 Å². The van der Waals surface area contributed by atoms with Crippen molar-refractivity contribution in [1.82, 2.24) is 10.2 Å². The van der Waals surface area contributed by atoms with E-state index in [1.54, 1.807) is 6.20 Å². The quantitative estimate of drug-likeness (QED) is 0.764. The lowest BCUT2D eigenvalue weighted by Gasteiger charge is -2.10. The number of nitrogens with zero attached hydrogens (tertiary/aromatic N) is 1. The molecule has 0 aliphatic rings. The fourth-order valence-corrected chi connectivity index (χ4v) is 2.46. The molecule has 6 heteroatoms. The molecule has 3 rings (SSSR count). The molecule has 2 aromatic carbocycles. The van der Waals surface area contributed by atoms with Crippen molar-refractivity contribution >= 4 is 34.1 Å². The molecule has 23 heavy (non-hydrogen) atoms. The molecule has 118 valence electrons. The van der Waals surface area contributed by atoms with Crippen molar-refractivity contribution in [3.63, 3.8) is 0 Å². The molecule has 1 heterocycles. The molecule has 0 spiro atoms. The zero-order chi connectivity index (χ0) is 16.4. The van der Waals surface area contributed by atoms with Gasteiger partial charge in [0.15, 0.2) is 6.61 Å². The average molecular weight is 330 g/mol. The van der Waals surface area contributed by atoms with Crippen molar-refractivity contribution < 1.29 is 9.53 Å². The predicted octanol–water partition coefficient (Wildman–Crippen LogP) is 3.85. The monoisotopic (exact) mass is 329 g/mol. The lowest BCUT2D eigenvalue weighted by molar-refractivity contribution is -0.118. The van der Waals surface area contributed by atoms with Crippen LogP contribution in [0.2, 0.25) is 5.02 Å². The fourth-order valence-electron chi connectivity index (χ4n) is 2.35. The van der Waals surface area contributed by atoms with Gasteiger partial charge >= 0.3 is 0 Å². The van der Waals surface area contributed by atoms with Crippen LogP contribution in [0.5, 0.6) is 5.75 Å². The van der Waals surface area contributed by atoms with Gasteiger partial charge in [-0.1, -0.05) is 11.6 Å². The zero-order valence-electron chi connectivity index (χ0n) is 12.8. The van der Waals surface area contributed by atoms with Gasteiger partial charge in [-0.15, -0.1) is 0 Å². The van der Waals surface area contributed by atoms with Gasteiger partial charge in [0.1, 0.15) is 5.75 Å². The first-order valence-electron chi connectivity index (χ1n) is 7.15. The summed E-state index contributed by atoms with van der Waals surface area (Å²) < 4.78 is 5.54. The van der Waals surface area contributed by atoms with Crippen molar-refractivity contribution in [2.45, 2.75) is 13.8 Å². The highest BCUT2D eigenvalue weighted by Crippen LogP contribution is 2.25. The zero-order valence-corrected chi connectivity index (χ0v) is 13.6. The SMILES string of the molecule is Cc1cc(OCC(=O)Nc2ccc3cn[nH]c3c2)cc(C)c1Cl.